The van der Waals surface area contributed by atoms with Crippen molar-refractivity contribution in [3.8, 4) is 0 Å². The number of rotatable bonds is 4. The number of ether oxygens (including phenoxy) is 1. The lowest BCUT2D eigenvalue weighted by molar-refractivity contribution is -0.152. The van der Waals surface area contributed by atoms with Crippen LogP contribution in [0.2, 0.25) is 0 Å². The van der Waals surface area contributed by atoms with E-state index in [-0.39, 0.29) is 0 Å². The molecule has 0 amide bonds. The molecule has 0 saturated heterocycles. The molecule has 1 N–H and O–H groups in total. The van der Waals surface area contributed by atoms with Crippen LogP contribution in [0.5, 0.6) is 0 Å². The monoisotopic (exact) mass is 172 g/mol. The third-order valence-electron chi connectivity index (χ3n) is 1.33. The quantitative estimate of drug-likeness (QED) is 0.513. The summed E-state index contributed by atoms with van der Waals surface area (Å²) in [4.78, 5) is 10.8. The molecule has 0 radical (unpaired) electrons. The van der Waals surface area contributed by atoms with Gasteiger partial charge in [-0.1, -0.05) is 6.58 Å². The van der Waals surface area contributed by atoms with Gasteiger partial charge in [-0.15, -0.1) is 0 Å². The van der Waals surface area contributed by atoms with Crippen molar-refractivity contribution >= 4 is 5.97 Å². The maximum atomic E-state index is 10.8. The van der Waals surface area contributed by atoms with E-state index in [0.717, 1.165) is 6.08 Å². The van der Waals surface area contributed by atoms with Gasteiger partial charge in [0.25, 0.3) is 0 Å². The number of hydrogen-bond acceptors (Lipinski definition) is 3. The van der Waals surface area contributed by atoms with Crippen molar-refractivity contribution < 1.29 is 14.6 Å². The highest BCUT2D eigenvalue weighted by Crippen LogP contribution is 2.16. The summed E-state index contributed by atoms with van der Waals surface area (Å²) in [5.74, 6) is -0.458. The van der Waals surface area contributed by atoms with E-state index in [9.17, 15) is 4.79 Å². The van der Waals surface area contributed by atoms with E-state index in [0.29, 0.717) is 6.42 Å². The molecule has 1 atom stereocenters. The summed E-state index contributed by atoms with van der Waals surface area (Å²) in [6.07, 6.45) is 1.06. The summed E-state index contributed by atoms with van der Waals surface area (Å²) in [6.45, 7) is 8.45. The summed E-state index contributed by atoms with van der Waals surface area (Å²) >= 11 is 0. The van der Waals surface area contributed by atoms with Gasteiger partial charge in [0.05, 0.1) is 6.10 Å². The van der Waals surface area contributed by atoms with Gasteiger partial charge in [-0.2, -0.15) is 0 Å². The summed E-state index contributed by atoms with van der Waals surface area (Å²) in [5.41, 5.74) is -0.626. The minimum atomic E-state index is -0.626. The summed E-state index contributed by atoms with van der Waals surface area (Å²) < 4.78 is 4.98. The predicted molar refractivity (Wildman–Crippen MR) is 46.7 cm³/mol. The van der Waals surface area contributed by atoms with Crippen LogP contribution >= 0.6 is 0 Å². The van der Waals surface area contributed by atoms with Gasteiger partial charge in [0.2, 0.25) is 0 Å². The number of carbonyl (C=O) groups excluding carboxylic acids is 1. The molecule has 0 aliphatic carbocycles. The Hall–Kier alpha value is -0.830. The van der Waals surface area contributed by atoms with Gasteiger partial charge in [-0.25, -0.2) is 4.79 Å². The Bertz CT molecular complexity index is 171. The van der Waals surface area contributed by atoms with E-state index in [1.54, 1.807) is 20.8 Å². The van der Waals surface area contributed by atoms with Crippen LogP contribution in [0, 0.1) is 0 Å². The Morgan fingerprint density at radius 2 is 2.25 bits per heavy atom. The first-order valence-corrected chi connectivity index (χ1v) is 3.91. The SMILES string of the molecule is C=CC(=O)OC(C)(C)CC(C)O. The van der Waals surface area contributed by atoms with E-state index in [4.69, 9.17) is 9.84 Å². The Balaban J connectivity index is 4.02. The molecule has 0 fully saturated rings. The molecular formula is C9H16O3. The number of aliphatic hydroxyl groups is 1. The van der Waals surface area contributed by atoms with Gasteiger partial charge in [0.15, 0.2) is 0 Å². The molecule has 3 heteroatoms. The van der Waals surface area contributed by atoms with Gasteiger partial charge in [0, 0.05) is 12.5 Å². The summed E-state index contributed by atoms with van der Waals surface area (Å²) in [5, 5.41) is 9.06. The van der Waals surface area contributed by atoms with Gasteiger partial charge in [-0.05, 0) is 20.8 Å². The van der Waals surface area contributed by atoms with E-state index >= 15 is 0 Å². The third-order valence-corrected chi connectivity index (χ3v) is 1.33. The minimum Gasteiger partial charge on any atom is -0.456 e. The lowest BCUT2D eigenvalue weighted by Gasteiger charge is -2.25. The number of aliphatic hydroxyl groups excluding tert-OH is 1. The average Bonchev–Trinajstić information content (AvgIpc) is 1.83. The molecule has 0 aliphatic heterocycles. The molecule has 0 bridgehead atoms. The maximum Gasteiger partial charge on any atom is 0.330 e. The molecule has 0 aromatic heterocycles. The van der Waals surface area contributed by atoms with Crippen LogP contribution in [0.3, 0.4) is 0 Å². The highest BCUT2D eigenvalue weighted by molar-refractivity contribution is 5.81. The van der Waals surface area contributed by atoms with Crippen molar-refractivity contribution in [2.45, 2.75) is 38.9 Å². The van der Waals surface area contributed by atoms with Gasteiger partial charge in [-0.3, -0.25) is 0 Å². The first kappa shape index (κ1) is 11.2. The van der Waals surface area contributed by atoms with E-state index in [1.165, 1.54) is 0 Å². The predicted octanol–water partition coefficient (Wildman–Crippen LogP) is 1.27. The molecule has 0 spiro atoms. The van der Waals surface area contributed by atoms with Crippen molar-refractivity contribution in [2.24, 2.45) is 0 Å². The second-order valence-electron chi connectivity index (χ2n) is 3.44. The van der Waals surface area contributed by atoms with Crippen LogP contribution in [-0.4, -0.2) is 22.8 Å². The van der Waals surface area contributed by atoms with Crippen molar-refractivity contribution in [3.05, 3.63) is 12.7 Å². The lowest BCUT2D eigenvalue weighted by atomic mass is 10.0. The first-order chi connectivity index (χ1) is 5.37. The topological polar surface area (TPSA) is 46.5 Å². The summed E-state index contributed by atoms with van der Waals surface area (Å²) in [6, 6.07) is 0. The van der Waals surface area contributed by atoms with Crippen LogP contribution < -0.4 is 0 Å². The zero-order chi connectivity index (χ0) is 9.78. The fraction of sp³-hybridized carbons (Fsp3) is 0.667. The maximum absolute atomic E-state index is 10.8. The molecule has 12 heavy (non-hydrogen) atoms. The fourth-order valence-electron chi connectivity index (χ4n) is 1.07. The van der Waals surface area contributed by atoms with Crippen LogP contribution in [-0.2, 0) is 9.53 Å². The first-order valence-electron chi connectivity index (χ1n) is 3.91. The minimum absolute atomic E-state index is 0.423. The average molecular weight is 172 g/mol. The zero-order valence-electron chi connectivity index (χ0n) is 7.83. The molecule has 0 aromatic rings. The highest BCUT2D eigenvalue weighted by Gasteiger charge is 2.23. The molecule has 70 valence electrons. The standard InChI is InChI=1S/C9H16O3/c1-5-8(11)12-9(3,4)6-7(2)10/h5,7,10H,1,6H2,2-4H3. The highest BCUT2D eigenvalue weighted by atomic mass is 16.6. The number of esters is 1. The normalized spacial score (nSPS) is 13.7. The van der Waals surface area contributed by atoms with Crippen LogP contribution in [0.1, 0.15) is 27.2 Å². The molecular weight excluding hydrogens is 156 g/mol. The Morgan fingerprint density at radius 1 is 1.75 bits per heavy atom. The van der Waals surface area contributed by atoms with Gasteiger partial charge < -0.3 is 9.84 Å². The fourth-order valence-corrected chi connectivity index (χ4v) is 1.07. The summed E-state index contributed by atoms with van der Waals surface area (Å²) in [7, 11) is 0. The zero-order valence-corrected chi connectivity index (χ0v) is 7.83. The third kappa shape index (κ3) is 4.91. The Kier molecular flexibility index (Phi) is 3.96. The van der Waals surface area contributed by atoms with Gasteiger partial charge in [0.1, 0.15) is 5.60 Å². The van der Waals surface area contributed by atoms with Crippen molar-refractivity contribution in [1.82, 2.24) is 0 Å². The lowest BCUT2D eigenvalue weighted by Crippen LogP contribution is -2.31. The molecule has 3 nitrogen and oxygen atoms in total. The molecule has 0 aliphatic rings. The second-order valence-corrected chi connectivity index (χ2v) is 3.44. The van der Waals surface area contributed by atoms with E-state index < -0.39 is 17.7 Å². The molecule has 1 unspecified atom stereocenters. The Morgan fingerprint density at radius 3 is 2.58 bits per heavy atom. The van der Waals surface area contributed by atoms with E-state index in [2.05, 4.69) is 6.58 Å². The number of carbonyl (C=O) groups is 1. The molecule has 0 heterocycles. The molecule has 0 saturated carbocycles. The van der Waals surface area contributed by atoms with Crippen LogP contribution in [0.25, 0.3) is 0 Å². The van der Waals surface area contributed by atoms with Crippen molar-refractivity contribution in [3.63, 3.8) is 0 Å². The van der Waals surface area contributed by atoms with Gasteiger partial charge >= 0.3 is 5.97 Å². The van der Waals surface area contributed by atoms with Crippen molar-refractivity contribution in [1.29, 1.82) is 0 Å². The van der Waals surface area contributed by atoms with Crippen LogP contribution in [0.15, 0.2) is 12.7 Å². The van der Waals surface area contributed by atoms with Crippen molar-refractivity contribution in [2.75, 3.05) is 0 Å². The van der Waals surface area contributed by atoms with E-state index in [1.807, 2.05) is 0 Å². The second kappa shape index (κ2) is 4.26. The molecule has 0 aromatic carbocycles. The van der Waals surface area contributed by atoms with Crippen LogP contribution in [0.4, 0.5) is 0 Å². The molecule has 0 rings (SSSR count). The number of hydrogen-bond donors (Lipinski definition) is 1. The largest absolute Gasteiger partial charge is 0.456 e. The smallest absolute Gasteiger partial charge is 0.330 e. The Labute approximate surface area is 73.0 Å².